The SMILES string of the molecule is O=C1CCC(=O)N1C1CCC(Nc2nc(-c3ccncc3)nc3ccccc23)CC1. The van der Waals surface area contributed by atoms with Gasteiger partial charge in [-0.25, -0.2) is 9.97 Å². The van der Waals surface area contributed by atoms with Gasteiger partial charge in [-0.2, -0.15) is 0 Å². The minimum Gasteiger partial charge on any atom is -0.367 e. The number of nitrogens with one attached hydrogen (secondary N) is 1. The lowest BCUT2D eigenvalue weighted by atomic mass is 9.90. The van der Waals surface area contributed by atoms with E-state index < -0.39 is 0 Å². The van der Waals surface area contributed by atoms with Crippen molar-refractivity contribution in [3.63, 3.8) is 0 Å². The molecular formula is C23H23N5O2. The van der Waals surface area contributed by atoms with E-state index in [2.05, 4.69) is 10.3 Å². The zero-order valence-corrected chi connectivity index (χ0v) is 16.6. The number of fused-ring (bicyclic) bond motifs is 1. The number of likely N-dealkylation sites (tertiary alicyclic amines) is 1. The van der Waals surface area contributed by atoms with Gasteiger partial charge < -0.3 is 5.32 Å². The third-order valence-corrected chi connectivity index (χ3v) is 6.03. The minimum absolute atomic E-state index is 0.0137. The molecule has 7 nitrogen and oxygen atoms in total. The Bertz CT molecular complexity index is 1080. The molecule has 1 aliphatic carbocycles. The van der Waals surface area contributed by atoms with Crippen molar-refractivity contribution in [1.29, 1.82) is 0 Å². The molecule has 0 radical (unpaired) electrons. The van der Waals surface area contributed by atoms with Gasteiger partial charge in [0.05, 0.1) is 5.52 Å². The lowest BCUT2D eigenvalue weighted by molar-refractivity contribution is -0.141. The number of carbonyl (C=O) groups excluding carboxylic acids is 2. The Hall–Kier alpha value is -3.35. The largest absolute Gasteiger partial charge is 0.367 e. The van der Waals surface area contributed by atoms with Crippen LogP contribution in [-0.2, 0) is 9.59 Å². The highest BCUT2D eigenvalue weighted by Crippen LogP contribution is 2.31. The highest BCUT2D eigenvalue weighted by Gasteiger charge is 2.36. The Balaban J connectivity index is 1.37. The summed E-state index contributed by atoms with van der Waals surface area (Å²) in [4.78, 5) is 39.2. The predicted octanol–water partition coefficient (Wildman–Crippen LogP) is 3.56. The molecule has 0 spiro atoms. The molecule has 7 heteroatoms. The first kappa shape index (κ1) is 18.7. The second kappa shape index (κ2) is 7.82. The zero-order valence-electron chi connectivity index (χ0n) is 16.6. The molecule has 1 saturated carbocycles. The maximum absolute atomic E-state index is 12.0. The number of imide groups is 1. The average Bonchev–Trinajstić information content (AvgIpc) is 3.13. The van der Waals surface area contributed by atoms with E-state index in [0.29, 0.717) is 18.7 Å². The molecule has 2 aliphatic rings. The molecular weight excluding hydrogens is 378 g/mol. The molecule has 0 unspecified atom stereocenters. The Morgan fingerprint density at radius 3 is 2.30 bits per heavy atom. The van der Waals surface area contributed by atoms with Crippen molar-refractivity contribution in [3.05, 3.63) is 48.8 Å². The van der Waals surface area contributed by atoms with Crippen LogP contribution in [0.25, 0.3) is 22.3 Å². The number of carbonyl (C=O) groups is 2. The molecule has 2 fully saturated rings. The molecule has 1 N–H and O–H groups in total. The van der Waals surface area contributed by atoms with Gasteiger partial charge in [-0.1, -0.05) is 12.1 Å². The number of aromatic nitrogens is 3. The average molecular weight is 401 g/mol. The molecule has 1 saturated heterocycles. The van der Waals surface area contributed by atoms with Crippen LogP contribution in [0.15, 0.2) is 48.8 Å². The van der Waals surface area contributed by atoms with E-state index in [9.17, 15) is 9.59 Å². The Morgan fingerprint density at radius 1 is 0.867 bits per heavy atom. The van der Waals surface area contributed by atoms with Crippen LogP contribution in [0.2, 0.25) is 0 Å². The maximum atomic E-state index is 12.0. The van der Waals surface area contributed by atoms with Crippen LogP contribution in [0.5, 0.6) is 0 Å². The van der Waals surface area contributed by atoms with Gasteiger partial charge in [0.1, 0.15) is 5.82 Å². The molecule has 5 rings (SSSR count). The summed E-state index contributed by atoms with van der Waals surface area (Å²) in [5.74, 6) is 1.46. The standard InChI is InChI=1S/C23H23N5O2/c29-20-9-10-21(30)28(20)17-7-5-16(6-8-17)25-23-18-3-1-2-4-19(18)26-22(27-23)15-11-13-24-14-12-15/h1-4,11-14,16-17H,5-10H2,(H,25,26,27). The lowest BCUT2D eigenvalue weighted by Crippen LogP contribution is -2.43. The molecule has 2 amide bonds. The fourth-order valence-corrected chi connectivity index (χ4v) is 4.49. The van der Waals surface area contributed by atoms with Gasteiger partial charge in [-0.3, -0.25) is 19.5 Å². The molecule has 152 valence electrons. The molecule has 1 aliphatic heterocycles. The molecule has 0 bridgehead atoms. The summed E-state index contributed by atoms with van der Waals surface area (Å²) in [6, 6.07) is 12.1. The van der Waals surface area contributed by atoms with Crippen molar-refractivity contribution in [3.8, 4) is 11.4 Å². The summed E-state index contributed by atoms with van der Waals surface area (Å²) in [6.07, 6.45) is 7.65. The number of para-hydroxylation sites is 1. The van der Waals surface area contributed by atoms with E-state index in [0.717, 1.165) is 48.0 Å². The van der Waals surface area contributed by atoms with Crippen molar-refractivity contribution in [1.82, 2.24) is 19.9 Å². The highest BCUT2D eigenvalue weighted by molar-refractivity contribution is 6.02. The maximum Gasteiger partial charge on any atom is 0.229 e. The fourth-order valence-electron chi connectivity index (χ4n) is 4.49. The summed E-state index contributed by atoms with van der Waals surface area (Å²) >= 11 is 0. The number of hydrogen-bond acceptors (Lipinski definition) is 6. The molecule has 30 heavy (non-hydrogen) atoms. The van der Waals surface area contributed by atoms with Crippen LogP contribution in [0, 0.1) is 0 Å². The van der Waals surface area contributed by atoms with Gasteiger partial charge in [-0.05, 0) is 49.9 Å². The van der Waals surface area contributed by atoms with E-state index in [4.69, 9.17) is 9.97 Å². The smallest absolute Gasteiger partial charge is 0.229 e. The van der Waals surface area contributed by atoms with E-state index in [1.165, 1.54) is 4.90 Å². The third kappa shape index (κ3) is 3.51. The second-order valence-electron chi connectivity index (χ2n) is 7.96. The van der Waals surface area contributed by atoms with E-state index in [1.807, 2.05) is 36.4 Å². The number of amides is 2. The predicted molar refractivity (Wildman–Crippen MR) is 114 cm³/mol. The molecule has 2 aromatic heterocycles. The van der Waals surface area contributed by atoms with Gasteiger partial charge in [0.25, 0.3) is 0 Å². The quantitative estimate of drug-likeness (QED) is 0.673. The van der Waals surface area contributed by atoms with Crippen molar-refractivity contribution in [2.45, 2.75) is 50.6 Å². The van der Waals surface area contributed by atoms with Crippen LogP contribution in [-0.4, -0.2) is 43.7 Å². The monoisotopic (exact) mass is 401 g/mol. The van der Waals surface area contributed by atoms with Gasteiger partial charge in [0, 0.05) is 48.3 Å². The van der Waals surface area contributed by atoms with Crippen molar-refractivity contribution in [2.75, 3.05) is 5.32 Å². The number of benzene rings is 1. The van der Waals surface area contributed by atoms with E-state index in [1.54, 1.807) is 12.4 Å². The number of hydrogen-bond donors (Lipinski definition) is 1. The first-order chi connectivity index (χ1) is 14.7. The fraction of sp³-hybridized carbons (Fsp3) is 0.348. The summed E-state index contributed by atoms with van der Waals surface area (Å²) in [7, 11) is 0. The van der Waals surface area contributed by atoms with Crippen LogP contribution >= 0.6 is 0 Å². The van der Waals surface area contributed by atoms with Crippen molar-refractivity contribution in [2.24, 2.45) is 0 Å². The minimum atomic E-state index is -0.0137. The lowest BCUT2D eigenvalue weighted by Gasteiger charge is -2.34. The van der Waals surface area contributed by atoms with E-state index in [-0.39, 0.29) is 23.9 Å². The van der Waals surface area contributed by atoms with Gasteiger partial charge >= 0.3 is 0 Å². The third-order valence-electron chi connectivity index (χ3n) is 6.03. The van der Waals surface area contributed by atoms with Crippen LogP contribution < -0.4 is 5.32 Å². The summed E-state index contributed by atoms with van der Waals surface area (Å²) in [5.41, 5.74) is 1.82. The first-order valence-electron chi connectivity index (χ1n) is 10.5. The van der Waals surface area contributed by atoms with E-state index >= 15 is 0 Å². The van der Waals surface area contributed by atoms with Gasteiger partial charge in [0.2, 0.25) is 11.8 Å². The molecule has 1 aromatic carbocycles. The first-order valence-corrected chi connectivity index (χ1v) is 10.5. The zero-order chi connectivity index (χ0) is 20.5. The topological polar surface area (TPSA) is 88.1 Å². The molecule has 0 atom stereocenters. The summed E-state index contributed by atoms with van der Waals surface area (Å²) < 4.78 is 0. The Morgan fingerprint density at radius 2 is 1.57 bits per heavy atom. The molecule has 3 heterocycles. The van der Waals surface area contributed by atoms with Crippen molar-refractivity contribution < 1.29 is 9.59 Å². The summed E-state index contributed by atoms with van der Waals surface area (Å²) in [5, 5.41) is 4.60. The van der Waals surface area contributed by atoms with Crippen LogP contribution in [0.3, 0.4) is 0 Å². The van der Waals surface area contributed by atoms with Gasteiger partial charge in [-0.15, -0.1) is 0 Å². The van der Waals surface area contributed by atoms with Gasteiger partial charge in [0.15, 0.2) is 5.82 Å². The highest BCUT2D eigenvalue weighted by atomic mass is 16.2. The molecule has 3 aromatic rings. The van der Waals surface area contributed by atoms with Crippen LogP contribution in [0.1, 0.15) is 38.5 Å². The van der Waals surface area contributed by atoms with Crippen molar-refractivity contribution >= 4 is 28.5 Å². The number of nitrogens with zero attached hydrogens (tertiary/aromatic N) is 4. The second-order valence-corrected chi connectivity index (χ2v) is 7.96. The normalized spacial score (nSPS) is 21.9. The summed E-state index contributed by atoms with van der Waals surface area (Å²) in [6.45, 7) is 0. The number of pyridine rings is 1. The Kier molecular flexibility index (Phi) is 4.86. The van der Waals surface area contributed by atoms with Crippen LogP contribution in [0.4, 0.5) is 5.82 Å². The number of rotatable bonds is 4. The Labute approximate surface area is 174 Å². The number of anilines is 1.